The Balaban J connectivity index is 0.00000274. The second-order valence-corrected chi connectivity index (χ2v) is 7.96. The van der Waals surface area contributed by atoms with Gasteiger partial charge in [0.1, 0.15) is 11.5 Å². The number of carbonyl (C=O) groups is 1. The van der Waals surface area contributed by atoms with Gasteiger partial charge in [0.05, 0.1) is 36.0 Å². The minimum Gasteiger partial charge on any atom is -0.480 e. The zero-order valence-corrected chi connectivity index (χ0v) is 18.8. The fourth-order valence-corrected chi connectivity index (χ4v) is 3.84. The van der Waals surface area contributed by atoms with E-state index < -0.39 is 5.82 Å². The molecule has 11 nitrogen and oxygen atoms in total. The number of morpholine rings is 1. The van der Waals surface area contributed by atoms with E-state index in [9.17, 15) is 9.18 Å². The molecule has 3 aromatic heterocycles. The molecule has 178 valence electrons. The Hall–Kier alpha value is -3.90. The summed E-state index contributed by atoms with van der Waals surface area (Å²) in [6.45, 7) is 5.54. The van der Waals surface area contributed by atoms with Crippen LogP contribution in [-0.4, -0.2) is 57.7 Å². The number of pyridine rings is 2. The van der Waals surface area contributed by atoms with Crippen molar-refractivity contribution in [3.63, 3.8) is 0 Å². The molecular formula is C22H25FN8O3. The van der Waals surface area contributed by atoms with Crippen molar-refractivity contribution in [2.75, 3.05) is 35.2 Å². The predicted molar refractivity (Wildman–Crippen MR) is 124 cm³/mol. The molecular weight excluding hydrogens is 443 g/mol. The molecule has 5 heterocycles. The summed E-state index contributed by atoms with van der Waals surface area (Å²) >= 11 is 0. The number of nitrogens with zero attached hydrogens (tertiary/aromatic N) is 5. The number of carbonyl (C=O) groups excluding carboxylic acids is 1. The molecule has 1 fully saturated rings. The van der Waals surface area contributed by atoms with Crippen LogP contribution in [0.4, 0.5) is 27.7 Å². The van der Waals surface area contributed by atoms with Crippen molar-refractivity contribution >= 4 is 29.2 Å². The first-order chi connectivity index (χ1) is 15.9. The van der Waals surface area contributed by atoms with Gasteiger partial charge in [-0.1, -0.05) is 0 Å². The van der Waals surface area contributed by atoms with E-state index in [1.54, 1.807) is 18.3 Å². The van der Waals surface area contributed by atoms with E-state index in [1.807, 2.05) is 26.0 Å². The fourth-order valence-electron chi connectivity index (χ4n) is 3.84. The largest absolute Gasteiger partial charge is 0.480 e. The van der Waals surface area contributed by atoms with Gasteiger partial charge in [0.2, 0.25) is 5.95 Å². The second-order valence-electron chi connectivity index (χ2n) is 7.96. The summed E-state index contributed by atoms with van der Waals surface area (Å²) in [5, 5.41) is 5.65. The molecule has 5 rings (SSSR count). The van der Waals surface area contributed by atoms with Crippen molar-refractivity contribution in [2.24, 2.45) is 0 Å². The van der Waals surface area contributed by atoms with Gasteiger partial charge in [-0.2, -0.15) is 0 Å². The predicted octanol–water partition coefficient (Wildman–Crippen LogP) is 2.92. The van der Waals surface area contributed by atoms with Gasteiger partial charge >= 0.3 is 0 Å². The van der Waals surface area contributed by atoms with Crippen LogP contribution in [0.25, 0.3) is 11.4 Å². The summed E-state index contributed by atoms with van der Waals surface area (Å²) in [7, 11) is 0. The summed E-state index contributed by atoms with van der Waals surface area (Å²) in [6, 6.07) is 6.96. The molecule has 0 bridgehead atoms. The third-order valence-corrected chi connectivity index (χ3v) is 5.21. The van der Waals surface area contributed by atoms with Gasteiger partial charge in [0.25, 0.3) is 5.91 Å². The first kappa shape index (κ1) is 23.3. The molecule has 0 radical (unpaired) electrons. The normalized spacial score (nSPS) is 19.4. The van der Waals surface area contributed by atoms with E-state index in [1.165, 1.54) is 0 Å². The van der Waals surface area contributed by atoms with Crippen LogP contribution in [-0.2, 0) is 9.53 Å². The Bertz CT molecular complexity index is 1180. The van der Waals surface area contributed by atoms with E-state index >= 15 is 0 Å². The number of hydrogen-bond acceptors (Lipinski definition) is 10. The van der Waals surface area contributed by atoms with Gasteiger partial charge in [-0.05, 0) is 38.1 Å². The Morgan fingerprint density at radius 3 is 2.62 bits per heavy atom. The van der Waals surface area contributed by atoms with Crippen LogP contribution < -0.4 is 26.4 Å². The second kappa shape index (κ2) is 9.53. The Morgan fingerprint density at radius 2 is 1.88 bits per heavy atom. The molecule has 1 saturated heterocycles. The van der Waals surface area contributed by atoms with Gasteiger partial charge in [-0.15, -0.1) is 0 Å². The standard InChI is InChI=1S/C22H22FN7O3.H3N/c1-12-9-30(10-13(2)33-12)18-6-3-14(7-24-18)26-22-25-8-15(23)20(29-22)16-4-5-17-21(27-16)28-19(31)11-32-17;/h3-8,12-13H,9-11H2,1-2H3,(H,25,26,29)(H,27,28,31);1H3. The highest BCUT2D eigenvalue weighted by molar-refractivity contribution is 5.94. The van der Waals surface area contributed by atoms with Gasteiger partial charge in [0, 0.05) is 13.1 Å². The maximum Gasteiger partial charge on any atom is 0.263 e. The quantitative estimate of drug-likeness (QED) is 0.521. The number of fused-ring (bicyclic) bond motifs is 1. The highest BCUT2D eigenvalue weighted by atomic mass is 19.1. The van der Waals surface area contributed by atoms with Crippen LogP contribution in [0, 0.1) is 5.82 Å². The number of ether oxygens (including phenoxy) is 2. The molecule has 2 aliphatic heterocycles. The van der Waals surface area contributed by atoms with Crippen molar-refractivity contribution in [1.82, 2.24) is 26.1 Å². The average molecular weight is 468 g/mol. The third-order valence-electron chi connectivity index (χ3n) is 5.21. The number of amides is 1. The minimum absolute atomic E-state index is 0. The summed E-state index contributed by atoms with van der Waals surface area (Å²) in [6.07, 6.45) is 3.02. The lowest BCUT2D eigenvalue weighted by molar-refractivity contribution is -0.118. The van der Waals surface area contributed by atoms with E-state index in [-0.39, 0.29) is 54.0 Å². The SMILES string of the molecule is CC1CN(c2ccc(Nc3ncc(F)c(-c4ccc5c(n4)NC(=O)CO5)n3)cn2)CC(C)O1.N. The molecule has 1 amide bonds. The number of halogens is 1. The first-order valence-corrected chi connectivity index (χ1v) is 10.5. The summed E-state index contributed by atoms with van der Waals surface area (Å²) in [5.74, 6) is 0.721. The van der Waals surface area contributed by atoms with Crippen LogP contribution in [0.3, 0.4) is 0 Å². The zero-order chi connectivity index (χ0) is 22.9. The van der Waals surface area contributed by atoms with Crippen molar-refractivity contribution < 1.29 is 18.7 Å². The minimum atomic E-state index is -0.639. The lowest BCUT2D eigenvalue weighted by Crippen LogP contribution is -2.45. The Labute approximate surface area is 195 Å². The van der Waals surface area contributed by atoms with Gasteiger partial charge in [-0.3, -0.25) is 4.79 Å². The van der Waals surface area contributed by atoms with E-state index in [0.29, 0.717) is 11.4 Å². The van der Waals surface area contributed by atoms with E-state index in [4.69, 9.17) is 9.47 Å². The molecule has 0 aliphatic carbocycles. The van der Waals surface area contributed by atoms with Crippen LogP contribution >= 0.6 is 0 Å². The molecule has 12 heteroatoms. The van der Waals surface area contributed by atoms with Gasteiger partial charge in [0.15, 0.2) is 24.0 Å². The summed E-state index contributed by atoms with van der Waals surface area (Å²) in [5.41, 5.74) is 0.896. The Kier molecular flexibility index (Phi) is 6.52. The van der Waals surface area contributed by atoms with Crippen LogP contribution in [0.1, 0.15) is 13.8 Å². The molecule has 3 aromatic rings. The summed E-state index contributed by atoms with van der Waals surface area (Å²) < 4.78 is 25.6. The monoisotopic (exact) mass is 468 g/mol. The lowest BCUT2D eigenvalue weighted by atomic mass is 10.2. The fraction of sp³-hybridized carbons (Fsp3) is 0.318. The smallest absolute Gasteiger partial charge is 0.263 e. The third kappa shape index (κ3) is 4.87. The highest BCUT2D eigenvalue weighted by Gasteiger charge is 2.23. The first-order valence-electron chi connectivity index (χ1n) is 10.5. The molecule has 2 aliphatic rings. The van der Waals surface area contributed by atoms with E-state index in [0.717, 1.165) is 25.1 Å². The van der Waals surface area contributed by atoms with Crippen molar-refractivity contribution in [1.29, 1.82) is 0 Å². The number of aromatic nitrogens is 4. The number of rotatable bonds is 4. The maximum atomic E-state index is 14.5. The van der Waals surface area contributed by atoms with Crippen LogP contribution in [0.5, 0.6) is 5.75 Å². The lowest BCUT2D eigenvalue weighted by Gasteiger charge is -2.36. The van der Waals surface area contributed by atoms with Crippen LogP contribution in [0.2, 0.25) is 0 Å². The van der Waals surface area contributed by atoms with Crippen LogP contribution in [0.15, 0.2) is 36.7 Å². The van der Waals surface area contributed by atoms with Gasteiger partial charge < -0.3 is 31.2 Å². The molecule has 0 aromatic carbocycles. The van der Waals surface area contributed by atoms with Crippen molar-refractivity contribution in [3.05, 3.63) is 42.5 Å². The molecule has 0 spiro atoms. The molecule has 34 heavy (non-hydrogen) atoms. The Morgan fingerprint density at radius 1 is 1.09 bits per heavy atom. The number of anilines is 4. The molecule has 2 unspecified atom stereocenters. The van der Waals surface area contributed by atoms with Crippen molar-refractivity contribution in [3.8, 4) is 17.1 Å². The van der Waals surface area contributed by atoms with Gasteiger partial charge in [-0.25, -0.2) is 24.3 Å². The zero-order valence-electron chi connectivity index (χ0n) is 18.8. The van der Waals surface area contributed by atoms with E-state index in [2.05, 4.69) is 35.5 Å². The summed E-state index contributed by atoms with van der Waals surface area (Å²) in [4.78, 5) is 30.8. The van der Waals surface area contributed by atoms with Crippen molar-refractivity contribution in [2.45, 2.75) is 26.1 Å². The molecule has 0 saturated carbocycles. The molecule has 2 atom stereocenters. The maximum absolute atomic E-state index is 14.5. The molecule has 5 N–H and O–H groups in total. The topological polar surface area (TPSA) is 149 Å². The number of hydrogen-bond donors (Lipinski definition) is 3. The average Bonchev–Trinajstić information content (AvgIpc) is 2.79. The highest BCUT2D eigenvalue weighted by Crippen LogP contribution is 2.30. The number of nitrogens with one attached hydrogen (secondary N) is 2.